The van der Waals surface area contributed by atoms with Crippen molar-refractivity contribution in [1.29, 1.82) is 0 Å². The molecule has 4 nitrogen and oxygen atoms in total. The number of nitrogens with zero attached hydrogens (tertiary/aromatic N) is 1. The second kappa shape index (κ2) is 4.25. The molecule has 0 bridgehead atoms. The number of thiophene rings is 1. The predicted molar refractivity (Wildman–Crippen MR) is 61.0 cm³/mol. The van der Waals surface area contributed by atoms with Crippen molar-refractivity contribution in [3.63, 3.8) is 0 Å². The lowest BCUT2D eigenvalue weighted by molar-refractivity contribution is 0.0943. The van der Waals surface area contributed by atoms with E-state index in [0.29, 0.717) is 13.2 Å². The van der Waals surface area contributed by atoms with Crippen molar-refractivity contribution in [2.24, 2.45) is 0 Å². The third kappa shape index (κ3) is 2.09. The topological polar surface area (TPSA) is 46.6 Å². The average molecular weight is 239 g/mol. The van der Waals surface area contributed by atoms with E-state index in [1.165, 1.54) is 4.90 Å². The minimum Gasteiger partial charge on any atom is -0.448 e. The van der Waals surface area contributed by atoms with Crippen molar-refractivity contribution in [2.75, 3.05) is 19.7 Å². The number of carbonyl (C=O) groups excluding carboxylic acids is 2. The molecule has 2 rings (SSSR count). The van der Waals surface area contributed by atoms with Gasteiger partial charge in [-0.25, -0.2) is 4.79 Å². The molecular formula is C11H13NO3S. The van der Waals surface area contributed by atoms with Gasteiger partial charge in [-0.1, -0.05) is 0 Å². The van der Waals surface area contributed by atoms with Crippen LogP contribution in [0.25, 0.3) is 0 Å². The molecule has 0 spiro atoms. The number of carbonyl (C=O) groups is 2. The van der Waals surface area contributed by atoms with Crippen LogP contribution in [0.4, 0.5) is 4.79 Å². The number of aryl methyl sites for hydroxylation is 2. The largest absolute Gasteiger partial charge is 0.448 e. The Hall–Kier alpha value is -1.36. The lowest BCUT2D eigenvalue weighted by atomic mass is 10.1. The highest BCUT2D eigenvalue weighted by atomic mass is 32.1. The molecule has 1 aromatic rings. The van der Waals surface area contributed by atoms with Crippen molar-refractivity contribution >= 4 is 23.2 Å². The maximum absolute atomic E-state index is 11.9. The van der Waals surface area contributed by atoms with Gasteiger partial charge in [-0.15, -0.1) is 11.3 Å². The first-order chi connectivity index (χ1) is 7.58. The van der Waals surface area contributed by atoms with Gasteiger partial charge in [0.25, 0.3) is 0 Å². The summed E-state index contributed by atoms with van der Waals surface area (Å²) in [6.07, 6.45) is -0.391. The maximum Gasteiger partial charge on any atom is 0.410 e. The Morgan fingerprint density at radius 3 is 2.81 bits per heavy atom. The number of ether oxygens (including phenoxy) is 1. The number of cyclic esters (lactones) is 1. The third-order valence-electron chi connectivity index (χ3n) is 2.52. The van der Waals surface area contributed by atoms with Gasteiger partial charge in [-0.2, -0.15) is 0 Å². The van der Waals surface area contributed by atoms with Crippen LogP contribution in [-0.2, 0) is 4.74 Å². The Labute approximate surface area is 97.8 Å². The van der Waals surface area contributed by atoms with Gasteiger partial charge in [0.2, 0.25) is 0 Å². The molecule has 1 saturated heterocycles. The fourth-order valence-corrected chi connectivity index (χ4v) is 2.68. The highest BCUT2D eigenvalue weighted by Gasteiger charge is 2.25. The summed E-state index contributed by atoms with van der Waals surface area (Å²) >= 11 is 1.60. The summed E-state index contributed by atoms with van der Waals surface area (Å²) in [7, 11) is 0. The number of ketones is 1. The number of hydrogen-bond acceptors (Lipinski definition) is 4. The van der Waals surface area contributed by atoms with Gasteiger partial charge < -0.3 is 4.74 Å². The van der Waals surface area contributed by atoms with Gasteiger partial charge in [0, 0.05) is 15.3 Å². The molecule has 0 aliphatic carbocycles. The normalized spacial score (nSPS) is 15.4. The zero-order chi connectivity index (χ0) is 11.7. The second-order valence-electron chi connectivity index (χ2n) is 3.79. The van der Waals surface area contributed by atoms with E-state index in [2.05, 4.69) is 0 Å². The van der Waals surface area contributed by atoms with Crippen LogP contribution in [0.3, 0.4) is 0 Å². The zero-order valence-electron chi connectivity index (χ0n) is 9.28. The number of rotatable bonds is 3. The number of hydrogen-bond donors (Lipinski definition) is 0. The Kier molecular flexibility index (Phi) is 2.96. The van der Waals surface area contributed by atoms with Crippen molar-refractivity contribution in [1.82, 2.24) is 4.90 Å². The first kappa shape index (κ1) is 11.1. The lowest BCUT2D eigenvalue weighted by Crippen LogP contribution is -2.30. The average Bonchev–Trinajstić information content (AvgIpc) is 2.74. The lowest BCUT2D eigenvalue weighted by Gasteiger charge is -2.10. The maximum atomic E-state index is 11.9. The van der Waals surface area contributed by atoms with E-state index in [0.717, 1.165) is 15.3 Å². The van der Waals surface area contributed by atoms with Crippen LogP contribution < -0.4 is 0 Å². The van der Waals surface area contributed by atoms with Gasteiger partial charge in [0.1, 0.15) is 6.61 Å². The summed E-state index contributed by atoms with van der Waals surface area (Å²) in [6.45, 7) is 4.90. The monoisotopic (exact) mass is 239 g/mol. The van der Waals surface area contributed by atoms with Crippen LogP contribution in [0.5, 0.6) is 0 Å². The molecule has 0 N–H and O–H groups in total. The van der Waals surface area contributed by atoms with Crippen LogP contribution in [-0.4, -0.2) is 36.5 Å². The van der Waals surface area contributed by atoms with Crippen LogP contribution in [0.2, 0.25) is 0 Å². The fourth-order valence-electron chi connectivity index (χ4n) is 1.74. The van der Waals surface area contributed by atoms with Crippen LogP contribution >= 0.6 is 11.3 Å². The molecule has 0 unspecified atom stereocenters. The summed E-state index contributed by atoms with van der Waals surface area (Å²) in [5.41, 5.74) is 0.724. The van der Waals surface area contributed by atoms with E-state index < -0.39 is 6.09 Å². The Balaban J connectivity index is 2.08. The Bertz CT molecular complexity index is 438. The highest BCUT2D eigenvalue weighted by molar-refractivity contribution is 7.12. The highest BCUT2D eigenvalue weighted by Crippen LogP contribution is 2.21. The van der Waals surface area contributed by atoms with Crippen molar-refractivity contribution < 1.29 is 14.3 Å². The molecular weight excluding hydrogens is 226 g/mol. The van der Waals surface area contributed by atoms with Crippen LogP contribution in [0, 0.1) is 13.8 Å². The van der Waals surface area contributed by atoms with Crippen LogP contribution in [0.1, 0.15) is 20.1 Å². The quantitative estimate of drug-likeness (QED) is 0.758. The minimum absolute atomic E-state index is 0.0132. The Morgan fingerprint density at radius 1 is 1.56 bits per heavy atom. The summed E-state index contributed by atoms with van der Waals surface area (Å²) in [4.78, 5) is 26.7. The number of Topliss-reactive ketones (excluding diaryl/α,β-unsaturated/α-hetero) is 1. The molecule has 1 fully saturated rings. The van der Waals surface area contributed by atoms with Crippen molar-refractivity contribution in [3.05, 3.63) is 21.4 Å². The standard InChI is InChI=1S/C11H13NO3S/c1-7-5-9(8(2)16-7)10(13)6-12-3-4-15-11(12)14/h5H,3-4,6H2,1-2H3. The van der Waals surface area contributed by atoms with E-state index in [-0.39, 0.29) is 12.3 Å². The fraction of sp³-hybridized carbons (Fsp3) is 0.455. The predicted octanol–water partition coefficient (Wildman–Crippen LogP) is 2.00. The van der Waals surface area contributed by atoms with E-state index >= 15 is 0 Å². The zero-order valence-corrected chi connectivity index (χ0v) is 10.1. The molecule has 0 aromatic carbocycles. The van der Waals surface area contributed by atoms with Gasteiger partial charge in [0.05, 0.1) is 13.1 Å². The molecule has 16 heavy (non-hydrogen) atoms. The molecule has 1 aliphatic rings. The van der Waals surface area contributed by atoms with E-state index in [1.54, 1.807) is 11.3 Å². The van der Waals surface area contributed by atoms with E-state index in [1.807, 2.05) is 19.9 Å². The summed E-state index contributed by atoms with van der Waals surface area (Å²) in [5.74, 6) is -0.0132. The smallest absolute Gasteiger partial charge is 0.410 e. The van der Waals surface area contributed by atoms with Gasteiger partial charge >= 0.3 is 6.09 Å². The van der Waals surface area contributed by atoms with Gasteiger partial charge in [0.15, 0.2) is 5.78 Å². The van der Waals surface area contributed by atoms with Crippen molar-refractivity contribution in [3.8, 4) is 0 Å². The summed E-state index contributed by atoms with van der Waals surface area (Å²) < 4.78 is 4.78. The van der Waals surface area contributed by atoms with E-state index in [4.69, 9.17) is 4.74 Å². The summed E-state index contributed by atoms with van der Waals surface area (Å²) in [6, 6.07) is 1.88. The molecule has 0 radical (unpaired) electrons. The molecule has 1 amide bonds. The first-order valence-corrected chi connectivity index (χ1v) is 5.91. The van der Waals surface area contributed by atoms with Crippen LogP contribution in [0.15, 0.2) is 6.07 Å². The van der Waals surface area contributed by atoms with Gasteiger partial charge in [-0.05, 0) is 19.9 Å². The van der Waals surface area contributed by atoms with Gasteiger partial charge in [-0.3, -0.25) is 9.69 Å². The van der Waals surface area contributed by atoms with Crippen molar-refractivity contribution in [2.45, 2.75) is 13.8 Å². The second-order valence-corrected chi connectivity index (χ2v) is 5.25. The SMILES string of the molecule is Cc1cc(C(=O)CN2CCOC2=O)c(C)s1. The molecule has 86 valence electrons. The summed E-state index contributed by atoms with van der Waals surface area (Å²) in [5, 5.41) is 0. The molecule has 0 atom stereocenters. The molecule has 5 heteroatoms. The molecule has 0 saturated carbocycles. The molecule has 1 aliphatic heterocycles. The molecule has 2 heterocycles. The molecule has 1 aromatic heterocycles. The number of amides is 1. The van der Waals surface area contributed by atoms with E-state index in [9.17, 15) is 9.59 Å². The minimum atomic E-state index is -0.391. The Morgan fingerprint density at radius 2 is 2.31 bits per heavy atom. The first-order valence-electron chi connectivity index (χ1n) is 5.10. The third-order valence-corrected chi connectivity index (χ3v) is 3.49.